The molecule has 1 aromatic carbocycles. The summed E-state index contributed by atoms with van der Waals surface area (Å²) in [6.07, 6.45) is 5.39. The Kier molecular flexibility index (Phi) is 4.80. The first-order valence-electron chi connectivity index (χ1n) is 10.1. The maximum absolute atomic E-state index is 13.5. The second-order valence-corrected chi connectivity index (χ2v) is 7.62. The largest absolute Gasteiger partial charge is 0.468 e. The van der Waals surface area contributed by atoms with E-state index in [9.17, 15) is 4.79 Å². The second kappa shape index (κ2) is 7.76. The number of furan rings is 1. The van der Waals surface area contributed by atoms with Crippen molar-refractivity contribution in [3.8, 4) is 11.3 Å². The summed E-state index contributed by atoms with van der Waals surface area (Å²) >= 11 is 0. The van der Waals surface area contributed by atoms with Gasteiger partial charge in [0, 0.05) is 50.4 Å². The van der Waals surface area contributed by atoms with Gasteiger partial charge in [-0.1, -0.05) is 18.2 Å². The first kappa shape index (κ1) is 18.6. The lowest BCUT2D eigenvalue weighted by Gasteiger charge is -2.34. The van der Waals surface area contributed by atoms with Crippen LogP contribution in [0, 0.1) is 0 Å². The minimum absolute atomic E-state index is 0.0522. The van der Waals surface area contributed by atoms with E-state index in [1.807, 2.05) is 60.6 Å². The summed E-state index contributed by atoms with van der Waals surface area (Å²) in [7, 11) is 1.87. The molecule has 1 fully saturated rings. The number of carbonyl (C=O) groups excluding carboxylic acids is 1. The maximum atomic E-state index is 13.5. The van der Waals surface area contributed by atoms with Gasteiger partial charge in [0.1, 0.15) is 5.76 Å². The van der Waals surface area contributed by atoms with Crippen molar-refractivity contribution in [1.82, 2.24) is 24.6 Å². The summed E-state index contributed by atoms with van der Waals surface area (Å²) in [5, 5.41) is 5.13. The predicted molar refractivity (Wildman–Crippen MR) is 114 cm³/mol. The van der Waals surface area contributed by atoms with Crippen molar-refractivity contribution >= 4 is 16.8 Å². The van der Waals surface area contributed by atoms with Crippen molar-refractivity contribution in [3.63, 3.8) is 0 Å². The Bertz CT molecular complexity index is 1170. The lowest BCUT2D eigenvalue weighted by Crippen LogP contribution is -2.48. The molecule has 1 amide bonds. The summed E-state index contributed by atoms with van der Waals surface area (Å²) in [5.74, 6) is 1.01. The van der Waals surface area contributed by atoms with Gasteiger partial charge in [-0.05, 0) is 24.3 Å². The monoisotopic (exact) mass is 401 g/mol. The average molecular weight is 401 g/mol. The predicted octanol–water partition coefficient (Wildman–Crippen LogP) is 3.19. The quantitative estimate of drug-likeness (QED) is 0.525. The molecule has 0 spiro atoms. The molecule has 4 heterocycles. The first-order chi connectivity index (χ1) is 14.7. The number of pyridine rings is 1. The molecule has 0 N–H and O–H groups in total. The molecule has 1 aliphatic rings. The molecule has 0 aliphatic carbocycles. The Morgan fingerprint density at radius 1 is 1.10 bits per heavy atom. The van der Waals surface area contributed by atoms with Crippen LogP contribution >= 0.6 is 0 Å². The SMILES string of the molecule is Cn1cc(-c2cc(C(=O)N3CCN(Cc4ccco4)CC3)c3ccccc3n2)cn1. The highest BCUT2D eigenvalue weighted by atomic mass is 16.3. The molecule has 0 saturated carbocycles. The third kappa shape index (κ3) is 3.59. The van der Waals surface area contributed by atoms with Gasteiger partial charge < -0.3 is 9.32 Å². The molecule has 4 aromatic rings. The van der Waals surface area contributed by atoms with Gasteiger partial charge in [-0.3, -0.25) is 14.4 Å². The summed E-state index contributed by atoms with van der Waals surface area (Å²) in [6, 6.07) is 13.6. The number of fused-ring (bicyclic) bond motifs is 1. The molecule has 0 unspecified atom stereocenters. The van der Waals surface area contributed by atoms with Crippen molar-refractivity contribution in [1.29, 1.82) is 0 Å². The number of hydrogen-bond donors (Lipinski definition) is 0. The van der Waals surface area contributed by atoms with Crippen molar-refractivity contribution in [2.75, 3.05) is 26.2 Å². The highest BCUT2D eigenvalue weighted by Gasteiger charge is 2.24. The van der Waals surface area contributed by atoms with E-state index < -0.39 is 0 Å². The van der Waals surface area contributed by atoms with Crippen LogP contribution in [-0.2, 0) is 13.6 Å². The fourth-order valence-electron chi connectivity index (χ4n) is 3.96. The number of aryl methyl sites for hydroxylation is 1. The minimum Gasteiger partial charge on any atom is -0.468 e. The number of amides is 1. The Labute approximate surface area is 174 Å². The third-order valence-electron chi connectivity index (χ3n) is 5.57. The number of rotatable bonds is 4. The van der Waals surface area contributed by atoms with Crippen LogP contribution in [0.15, 0.2) is 65.5 Å². The molecule has 0 bridgehead atoms. The number of benzene rings is 1. The van der Waals surface area contributed by atoms with E-state index in [4.69, 9.17) is 9.40 Å². The summed E-state index contributed by atoms with van der Waals surface area (Å²) in [4.78, 5) is 22.5. The fraction of sp³-hybridized carbons (Fsp3) is 0.261. The lowest BCUT2D eigenvalue weighted by atomic mass is 10.0. The van der Waals surface area contributed by atoms with Crippen LogP contribution < -0.4 is 0 Å². The van der Waals surface area contributed by atoms with Crippen LogP contribution in [-0.4, -0.2) is 56.7 Å². The van der Waals surface area contributed by atoms with E-state index in [1.165, 1.54) is 0 Å². The Balaban J connectivity index is 1.40. The van der Waals surface area contributed by atoms with Gasteiger partial charge in [0.2, 0.25) is 0 Å². The molecule has 1 aliphatic heterocycles. The molecular weight excluding hydrogens is 378 g/mol. The van der Waals surface area contributed by atoms with Crippen molar-refractivity contribution < 1.29 is 9.21 Å². The number of hydrogen-bond acceptors (Lipinski definition) is 5. The fourth-order valence-corrected chi connectivity index (χ4v) is 3.96. The summed E-state index contributed by atoms with van der Waals surface area (Å²) in [6.45, 7) is 3.81. The Morgan fingerprint density at radius 3 is 2.67 bits per heavy atom. The zero-order valence-corrected chi connectivity index (χ0v) is 16.9. The van der Waals surface area contributed by atoms with Crippen LogP contribution in [0.5, 0.6) is 0 Å². The highest BCUT2D eigenvalue weighted by Crippen LogP contribution is 2.26. The molecule has 7 nitrogen and oxygen atoms in total. The van der Waals surface area contributed by atoms with Crippen LogP contribution in [0.2, 0.25) is 0 Å². The van der Waals surface area contributed by atoms with Gasteiger partial charge in [-0.25, -0.2) is 4.98 Å². The Hall–Kier alpha value is -3.45. The summed E-state index contributed by atoms with van der Waals surface area (Å²) in [5.41, 5.74) is 3.18. The molecule has 152 valence electrons. The zero-order valence-electron chi connectivity index (χ0n) is 16.9. The summed E-state index contributed by atoms with van der Waals surface area (Å²) < 4.78 is 7.19. The number of nitrogens with zero attached hydrogens (tertiary/aromatic N) is 5. The lowest BCUT2D eigenvalue weighted by molar-refractivity contribution is 0.0622. The minimum atomic E-state index is 0.0522. The second-order valence-electron chi connectivity index (χ2n) is 7.62. The van der Waals surface area contributed by atoms with Gasteiger partial charge in [-0.2, -0.15) is 5.10 Å². The maximum Gasteiger partial charge on any atom is 0.254 e. The van der Waals surface area contributed by atoms with Gasteiger partial charge in [0.15, 0.2) is 0 Å². The smallest absolute Gasteiger partial charge is 0.254 e. The molecule has 0 radical (unpaired) electrons. The van der Waals surface area contributed by atoms with Crippen LogP contribution in [0.25, 0.3) is 22.2 Å². The van der Waals surface area contributed by atoms with Gasteiger partial charge in [-0.15, -0.1) is 0 Å². The molecule has 5 rings (SSSR count). The van der Waals surface area contributed by atoms with Crippen LogP contribution in [0.4, 0.5) is 0 Å². The average Bonchev–Trinajstić information content (AvgIpc) is 3.45. The van der Waals surface area contributed by atoms with E-state index >= 15 is 0 Å². The van der Waals surface area contributed by atoms with E-state index in [0.717, 1.165) is 47.6 Å². The van der Waals surface area contributed by atoms with E-state index in [0.29, 0.717) is 18.7 Å². The molecular formula is C23H23N5O2. The van der Waals surface area contributed by atoms with E-state index in [2.05, 4.69) is 10.00 Å². The van der Waals surface area contributed by atoms with Crippen molar-refractivity contribution in [2.45, 2.75) is 6.54 Å². The normalized spacial score (nSPS) is 15.0. The van der Waals surface area contributed by atoms with Crippen molar-refractivity contribution in [3.05, 3.63) is 72.4 Å². The van der Waals surface area contributed by atoms with Gasteiger partial charge in [0.05, 0.1) is 35.8 Å². The van der Waals surface area contributed by atoms with Gasteiger partial charge in [0.25, 0.3) is 5.91 Å². The standard InChI is InChI=1S/C23H23N5O2/c1-26-15-17(14-24-26)22-13-20(19-6-2-3-7-21(19)25-22)23(29)28-10-8-27(9-11-28)16-18-5-4-12-30-18/h2-7,12-15H,8-11,16H2,1H3. The molecule has 0 atom stereocenters. The molecule has 7 heteroatoms. The van der Waals surface area contributed by atoms with E-state index in [-0.39, 0.29) is 5.91 Å². The molecule has 30 heavy (non-hydrogen) atoms. The van der Waals surface area contributed by atoms with Crippen LogP contribution in [0.3, 0.4) is 0 Å². The number of piperazine rings is 1. The van der Waals surface area contributed by atoms with Crippen molar-refractivity contribution in [2.24, 2.45) is 7.05 Å². The van der Waals surface area contributed by atoms with E-state index in [1.54, 1.807) is 17.1 Å². The molecule has 3 aromatic heterocycles. The number of para-hydroxylation sites is 1. The van der Waals surface area contributed by atoms with Crippen LogP contribution in [0.1, 0.15) is 16.1 Å². The highest BCUT2D eigenvalue weighted by molar-refractivity contribution is 6.07. The Morgan fingerprint density at radius 2 is 1.93 bits per heavy atom. The third-order valence-corrected chi connectivity index (χ3v) is 5.57. The topological polar surface area (TPSA) is 67.4 Å². The number of carbonyl (C=O) groups is 1. The zero-order chi connectivity index (χ0) is 20.5. The van der Waals surface area contributed by atoms with Gasteiger partial charge >= 0.3 is 0 Å². The number of aromatic nitrogens is 3. The molecule has 1 saturated heterocycles. The first-order valence-corrected chi connectivity index (χ1v) is 10.1.